The number of nitrogens with zero attached hydrogens (tertiary/aromatic N) is 2. The fourth-order valence-electron chi connectivity index (χ4n) is 6.00. The van der Waals surface area contributed by atoms with Crippen molar-refractivity contribution in [3.8, 4) is 0 Å². The summed E-state index contributed by atoms with van der Waals surface area (Å²) in [7, 11) is 0. The lowest BCUT2D eigenvalue weighted by molar-refractivity contribution is -0.154. The molecule has 5 rings (SSSR count). The SMILES string of the molecule is C[C@@]12/C=C\CCCOC(=O)[C@@H]1[C@H]1C(=O)N(CCCO)C3C(=O)N(c4ccccc4Cl)CC=C[C@@]31S2. The number of aliphatic hydroxyl groups is 1. The number of halogens is 1. The van der Waals surface area contributed by atoms with E-state index in [1.54, 1.807) is 28.0 Å². The first-order valence-corrected chi connectivity index (χ1v) is 13.2. The number of likely N-dealkylation sites (tertiary alicyclic amines) is 1. The molecule has 0 saturated carbocycles. The summed E-state index contributed by atoms with van der Waals surface area (Å²) in [6.07, 6.45) is 9.81. The van der Waals surface area contributed by atoms with Crippen LogP contribution in [0.5, 0.6) is 0 Å². The Balaban J connectivity index is 1.65. The summed E-state index contributed by atoms with van der Waals surface area (Å²) >= 11 is 7.98. The van der Waals surface area contributed by atoms with Gasteiger partial charge in [-0.2, -0.15) is 0 Å². The fraction of sp³-hybridized carbons (Fsp3) is 0.500. The summed E-state index contributed by atoms with van der Waals surface area (Å²) < 4.78 is 3.97. The zero-order valence-corrected chi connectivity index (χ0v) is 21.1. The van der Waals surface area contributed by atoms with Crippen LogP contribution in [0.1, 0.15) is 26.2 Å². The molecule has 2 amide bonds. The average Bonchev–Trinajstić information content (AvgIpc) is 3.17. The number of hydrogen-bond acceptors (Lipinski definition) is 6. The lowest BCUT2D eigenvalue weighted by atomic mass is 9.74. The van der Waals surface area contributed by atoms with Gasteiger partial charge in [-0.3, -0.25) is 14.4 Å². The van der Waals surface area contributed by atoms with E-state index in [0.29, 0.717) is 30.3 Å². The third-order valence-corrected chi connectivity index (χ3v) is 9.57. The number of esters is 1. The van der Waals surface area contributed by atoms with Crippen LogP contribution in [-0.4, -0.2) is 69.6 Å². The van der Waals surface area contributed by atoms with Gasteiger partial charge in [-0.25, -0.2) is 0 Å². The lowest BCUT2D eigenvalue weighted by Gasteiger charge is -2.37. The molecule has 2 saturated heterocycles. The molecule has 1 N–H and O–H groups in total. The molecule has 9 heteroatoms. The van der Waals surface area contributed by atoms with E-state index in [0.717, 1.165) is 12.8 Å². The molecule has 0 aromatic heterocycles. The molecule has 1 unspecified atom stereocenters. The number of aliphatic hydroxyl groups excluding tert-OH is 1. The highest BCUT2D eigenvalue weighted by molar-refractivity contribution is 8.02. The molecule has 1 aromatic carbocycles. The van der Waals surface area contributed by atoms with Crippen molar-refractivity contribution in [1.82, 2.24) is 4.90 Å². The molecule has 4 aliphatic heterocycles. The van der Waals surface area contributed by atoms with Crippen LogP contribution in [0.2, 0.25) is 5.02 Å². The Hall–Kier alpha value is -2.29. The van der Waals surface area contributed by atoms with Crippen molar-refractivity contribution < 1.29 is 24.2 Å². The van der Waals surface area contributed by atoms with E-state index >= 15 is 0 Å². The van der Waals surface area contributed by atoms with E-state index in [-0.39, 0.29) is 25.0 Å². The van der Waals surface area contributed by atoms with E-state index in [1.165, 1.54) is 11.8 Å². The monoisotopic (exact) mass is 516 g/mol. The maximum absolute atomic E-state index is 14.2. The van der Waals surface area contributed by atoms with E-state index in [9.17, 15) is 19.5 Å². The molecule has 0 bridgehead atoms. The number of thioether (sulfide) groups is 1. The standard InChI is InChI=1S/C26H29ClN2O5S/c1-25-11-5-2-6-16-34-24(33)20(25)19-22(31)29(14-8-15-30)21-23(32)28(13-7-12-26(19,21)35-25)18-10-4-3-9-17(18)27/h3-5,7,9-12,19-21,30H,2,6,8,13-16H2,1H3/b11-5-/t19-,20-,21?,25+,26-/m0/s1. The van der Waals surface area contributed by atoms with E-state index in [4.69, 9.17) is 16.3 Å². The topological polar surface area (TPSA) is 87.1 Å². The highest BCUT2D eigenvalue weighted by atomic mass is 35.5. The summed E-state index contributed by atoms with van der Waals surface area (Å²) in [6, 6.07) is 6.32. The van der Waals surface area contributed by atoms with E-state index in [2.05, 4.69) is 6.08 Å². The number of fused-ring (bicyclic) bond motifs is 2. The summed E-state index contributed by atoms with van der Waals surface area (Å²) in [5, 5.41) is 9.96. The summed E-state index contributed by atoms with van der Waals surface area (Å²) in [5.41, 5.74) is 0.579. The van der Waals surface area contributed by atoms with Crippen LogP contribution in [0.25, 0.3) is 0 Å². The van der Waals surface area contributed by atoms with Crippen molar-refractivity contribution >= 4 is 46.8 Å². The van der Waals surface area contributed by atoms with Crippen molar-refractivity contribution in [2.45, 2.75) is 41.7 Å². The minimum atomic E-state index is -0.943. The average molecular weight is 517 g/mol. The smallest absolute Gasteiger partial charge is 0.311 e. The third kappa shape index (κ3) is 3.81. The molecule has 2 fully saturated rings. The van der Waals surface area contributed by atoms with Gasteiger partial charge < -0.3 is 19.6 Å². The van der Waals surface area contributed by atoms with Crippen molar-refractivity contribution in [2.75, 3.05) is 31.2 Å². The van der Waals surface area contributed by atoms with Crippen molar-refractivity contribution in [3.05, 3.63) is 53.6 Å². The van der Waals surface area contributed by atoms with Crippen LogP contribution in [0, 0.1) is 11.8 Å². The molecule has 1 spiro atoms. The van der Waals surface area contributed by atoms with Crippen LogP contribution in [0.3, 0.4) is 0 Å². The highest BCUT2D eigenvalue weighted by Crippen LogP contribution is 2.65. The predicted octanol–water partition coefficient (Wildman–Crippen LogP) is 3.21. The maximum atomic E-state index is 14.2. The number of anilines is 1. The molecule has 4 aliphatic rings. The number of benzene rings is 1. The molecular weight excluding hydrogens is 488 g/mol. The number of ether oxygens (including phenoxy) is 1. The van der Waals surface area contributed by atoms with Crippen LogP contribution in [-0.2, 0) is 19.1 Å². The second kappa shape index (κ2) is 9.30. The molecule has 1 aromatic rings. The van der Waals surface area contributed by atoms with Gasteiger partial charge in [0.15, 0.2) is 0 Å². The molecule has 0 aliphatic carbocycles. The van der Waals surface area contributed by atoms with Gasteiger partial charge in [0.05, 0.1) is 33.9 Å². The van der Waals surface area contributed by atoms with Crippen LogP contribution < -0.4 is 4.90 Å². The molecule has 5 atom stereocenters. The summed E-state index contributed by atoms with van der Waals surface area (Å²) in [6.45, 7) is 2.70. The van der Waals surface area contributed by atoms with Gasteiger partial charge in [-0.05, 0) is 38.3 Å². The quantitative estimate of drug-likeness (QED) is 0.488. The van der Waals surface area contributed by atoms with Gasteiger partial charge in [-0.15, -0.1) is 11.8 Å². The van der Waals surface area contributed by atoms with Crippen LogP contribution in [0.4, 0.5) is 5.69 Å². The normalized spacial score (nSPS) is 35.4. The highest BCUT2D eigenvalue weighted by Gasteiger charge is 2.73. The minimum absolute atomic E-state index is 0.106. The third-order valence-electron chi connectivity index (χ3n) is 7.45. The first kappa shape index (κ1) is 24.4. The Morgan fingerprint density at radius 1 is 1.14 bits per heavy atom. The van der Waals surface area contributed by atoms with Crippen molar-refractivity contribution in [3.63, 3.8) is 0 Å². The van der Waals surface area contributed by atoms with Crippen LogP contribution in [0.15, 0.2) is 48.6 Å². The van der Waals surface area contributed by atoms with Gasteiger partial charge >= 0.3 is 5.97 Å². The van der Waals surface area contributed by atoms with Crippen LogP contribution >= 0.6 is 23.4 Å². The zero-order valence-electron chi connectivity index (χ0n) is 19.6. The second-order valence-electron chi connectivity index (χ2n) is 9.62. The Morgan fingerprint density at radius 3 is 2.71 bits per heavy atom. The zero-order chi connectivity index (χ0) is 24.8. The predicted molar refractivity (Wildman–Crippen MR) is 135 cm³/mol. The van der Waals surface area contributed by atoms with E-state index in [1.807, 2.05) is 31.2 Å². The van der Waals surface area contributed by atoms with Gasteiger partial charge in [0.2, 0.25) is 5.91 Å². The molecule has 4 heterocycles. The van der Waals surface area contributed by atoms with Gasteiger partial charge in [-0.1, -0.05) is 48.0 Å². The molecule has 7 nitrogen and oxygen atoms in total. The number of hydrogen-bond donors (Lipinski definition) is 1. The second-order valence-corrected chi connectivity index (χ2v) is 11.8. The number of allylic oxidation sites excluding steroid dienone is 1. The summed E-state index contributed by atoms with van der Waals surface area (Å²) in [4.78, 5) is 44.8. The first-order chi connectivity index (χ1) is 16.8. The number of para-hydroxylation sites is 1. The number of cyclic esters (lactones) is 1. The fourth-order valence-corrected chi connectivity index (χ4v) is 8.39. The Bertz CT molecular complexity index is 1110. The number of carbonyl (C=O) groups excluding carboxylic acids is 3. The number of rotatable bonds is 4. The lowest BCUT2D eigenvalue weighted by Crippen LogP contribution is -2.53. The Kier molecular flexibility index (Phi) is 6.48. The number of amides is 2. The molecule has 0 radical (unpaired) electrons. The molecule has 186 valence electrons. The largest absolute Gasteiger partial charge is 0.465 e. The Morgan fingerprint density at radius 2 is 1.94 bits per heavy atom. The van der Waals surface area contributed by atoms with Gasteiger partial charge in [0, 0.05) is 24.4 Å². The van der Waals surface area contributed by atoms with Crippen molar-refractivity contribution in [2.24, 2.45) is 11.8 Å². The first-order valence-electron chi connectivity index (χ1n) is 12.0. The van der Waals surface area contributed by atoms with Crippen molar-refractivity contribution in [1.29, 1.82) is 0 Å². The van der Waals surface area contributed by atoms with Gasteiger partial charge in [0.25, 0.3) is 5.91 Å². The Labute approximate surface area is 214 Å². The number of carbonyl (C=O) groups is 3. The van der Waals surface area contributed by atoms with E-state index < -0.39 is 33.3 Å². The molecular formula is C26H29ClN2O5S. The minimum Gasteiger partial charge on any atom is -0.465 e. The summed E-state index contributed by atoms with van der Waals surface area (Å²) in [5.74, 6) is -2.34. The van der Waals surface area contributed by atoms with Gasteiger partial charge in [0.1, 0.15) is 6.04 Å². The molecule has 35 heavy (non-hydrogen) atoms. The maximum Gasteiger partial charge on any atom is 0.311 e.